The van der Waals surface area contributed by atoms with Gasteiger partial charge < -0.3 is 10.1 Å². The van der Waals surface area contributed by atoms with Crippen molar-refractivity contribution in [3.63, 3.8) is 0 Å². The summed E-state index contributed by atoms with van der Waals surface area (Å²) in [7, 11) is 3.09. The summed E-state index contributed by atoms with van der Waals surface area (Å²) in [5, 5.41) is 2.87. The zero-order chi connectivity index (χ0) is 13.5. The van der Waals surface area contributed by atoms with Crippen molar-refractivity contribution in [2.75, 3.05) is 14.2 Å². The molecule has 0 aliphatic rings. The van der Waals surface area contributed by atoms with Gasteiger partial charge in [0.05, 0.1) is 12.7 Å². The average Bonchev–Trinajstić information content (AvgIpc) is 2.36. The Morgan fingerprint density at radius 3 is 2.44 bits per heavy atom. The molecule has 18 heavy (non-hydrogen) atoms. The highest BCUT2D eigenvalue weighted by atomic mass is 19.1. The van der Waals surface area contributed by atoms with E-state index in [4.69, 9.17) is 4.74 Å². The van der Waals surface area contributed by atoms with Gasteiger partial charge in [-0.3, -0.25) is 0 Å². The zero-order valence-corrected chi connectivity index (χ0v) is 10.7. The van der Waals surface area contributed by atoms with Gasteiger partial charge in [-0.15, -0.1) is 0 Å². The lowest BCUT2D eigenvalue weighted by molar-refractivity contribution is -0.133. The van der Waals surface area contributed by atoms with Crippen molar-refractivity contribution >= 4 is 11.5 Å². The molecule has 1 aromatic rings. The number of carbonyl (C=O) groups is 1. The maximum absolute atomic E-state index is 12.9. The van der Waals surface area contributed by atoms with E-state index in [1.54, 1.807) is 31.5 Å². The second-order valence-electron chi connectivity index (χ2n) is 3.73. The molecular weight excluding hydrogens is 233 g/mol. The Morgan fingerprint density at radius 1 is 1.33 bits per heavy atom. The highest BCUT2D eigenvalue weighted by molar-refractivity contribution is 6.16. The summed E-state index contributed by atoms with van der Waals surface area (Å²) < 4.78 is 17.6. The van der Waals surface area contributed by atoms with Gasteiger partial charge in [0.25, 0.3) is 0 Å². The lowest BCUT2D eigenvalue weighted by Gasteiger charge is -2.06. The van der Waals surface area contributed by atoms with Gasteiger partial charge in [0.1, 0.15) is 5.82 Å². The van der Waals surface area contributed by atoms with Gasteiger partial charge in [-0.05, 0) is 42.5 Å². The highest BCUT2D eigenvalue weighted by Crippen LogP contribution is 2.18. The molecule has 0 saturated heterocycles. The number of allylic oxidation sites excluding steroid dienone is 2. The smallest absolute Gasteiger partial charge is 0.338 e. The largest absolute Gasteiger partial charge is 0.465 e. The molecule has 0 amide bonds. The molecule has 0 radical (unpaired) electrons. The molecule has 0 aliphatic heterocycles. The second-order valence-corrected chi connectivity index (χ2v) is 3.73. The van der Waals surface area contributed by atoms with E-state index in [1.165, 1.54) is 19.2 Å². The number of ether oxygens (including phenoxy) is 1. The summed E-state index contributed by atoms with van der Waals surface area (Å²) in [6.07, 6.45) is 3.45. The minimum Gasteiger partial charge on any atom is -0.465 e. The quantitative estimate of drug-likeness (QED) is 0.506. The van der Waals surface area contributed by atoms with Crippen LogP contribution in [0.2, 0.25) is 0 Å². The van der Waals surface area contributed by atoms with Gasteiger partial charge in [-0.25, -0.2) is 9.18 Å². The van der Waals surface area contributed by atoms with Gasteiger partial charge in [-0.2, -0.15) is 0 Å². The van der Waals surface area contributed by atoms with E-state index in [1.807, 2.05) is 6.92 Å². The average molecular weight is 249 g/mol. The van der Waals surface area contributed by atoms with Crippen molar-refractivity contribution in [3.8, 4) is 0 Å². The fraction of sp³-hybridized carbons (Fsp3) is 0.214. The molecule has 0 fully saturated rings. The van der Waals surface area contributed by atoms with Crippen LogP contribution in [0.3, 0.4) is 0 Å². The molecular formula is C14H16FNO2. The summed E-state index contributed by atoms with van der Waals surface area (Å²) in [6.45, 7) is 1.85. The van der Waals surface area contributed by atoms with Crippen LogP contribution in [-0.4, -0.2) is 20.1 Å². The van der Waals surface area contributed by atoms with Crippen LogP contribution >= 0.6 is 0 Å². The Kier molecular flexibility index (Phi) is 5.11. The first-order valence-corrected chi connectivity index (χ1v) is 5.48. The van der Waals surface area contributed by atoms with E-state index in [9.17, 15) is 9.18 Å². The number of hydrogen-bond donors (Lipinski definition) is 1. The minimum atomic E-state index is -0.453. The Balaban J connectivity index is 3.17. The maximum Gasteiger partial charge on any atom is 0.338 e. The molecule has 1 rings (SSSR count). The summed E-state index contributed by atoms with van der Waals surface area (Å²) in [6, 6.07) is 5.71. The molecule has 0 saturated carbocycles. The van der Waals surface area contributed by atoms with Gasteiger partial charge in [0.2, 0.25) is 0 Å². The molecule has 0 spiro atoms. The molecule has 0 aromatic heterocycles. The van der Waals surface area contributed by atoms with Gasteiger partial charge >= 0.3 is 5.97 Å². The predicted octanol–water partition coefficient (Wildman–Crippen LogP) is 2.51. The first kappa shape index (κ1) is 14.0. The predicted molar refractivity (Wildman–Crippen MR) is 69.2 cm³/mol. The topological polar surface area (TPSA) is 38.3 Å². The first-order chi connectivity index (χ1) is 8.58. The lowest BCUT2D eigenvalue weighted by Crippen LogP contribution is -2.05. The molecule has 0 heterocycles. The molecule has 3 nitrogen and oxygen atoms in total. The summed E-state index contributed by atoms with van der Waals surface area (Å²) in [5.41, 5.74) is 1.87. The van der Waals surface area contributed by atoms with Gasteiger partial charge in [-0.1, -0.05) is 12.1 Å². The number of nitrogens with one attached hydrogen (secondary N) is 1. The van der Waals surface area contributed by atoms with Crippen LogP contribution in [-0.2, 0) is 9.53 Å². The number of halogens is 1. The molecule has 1 aromatic carbocycles. The monoisotopic (exact) mass is 249 g/mol. The third-order valence-corrected chi connectivity index (χ3v) is 2.30. The van der Waals surface area contributed by atoms with Crippen LogP contribution in [0.1, 0.15) is 12.5 Å². The van der Waals surface area contributed by atoms with E-state index in [0.29, 0.717) is 11.1 Å². The van der Waals surface area contributed by atoms with Crippen molar-refractivity contribution in [3.05, 3.63) is 53.5 Å². The van der Waals surface area contributed by atoms with Gasteiger partial charge in [0, 0.05) is 7.05 Å². The maximum atomic E-state index is 12.9. The number of benzene rings is 1. The fourth-order valence-electron chi connectivity index (χ4n) is 1.50. The number of esters is 1. The Hall–Kier alpha value is -2.10. The van der Waals surface area contributed by atoms with E-state index < -0.39 is 5.97 Å². The van der Waals surface area contributed by atoms with Crippen LogP contribution < -0.4 is 5.32 Å². The first-order valence-electron chi connectivity index (χ1n) is 5.48. The normalized spacial score (nSPS) is 12.2. The lowest BCUT2D eigenvalue weighted by atomic mass is 10.0. The molecule has 4 heteroatoms. The number of hydrogen-bond acceptors (Lipinski definition) is 3. The van der Waals surface area contributed by atoms with Crippen molar-refractivity contribution in [1.29, 1.82) is 0 Å². The summed E-state index contributed by atoms with van der Waals surface area (Å²) in [5.74, 6) is -0.795. The molecule has 1 N–H and O–H groups in total. The minimum absolute atomic E-state index is 0.342. The van der Waals surface area contributed by atoms with E-state index in [-0.39, 0.29) is 5.82 Å². The van der Waals surface area contributed by atoms with Crippen LogP contribution in [0.25, 0.3) is 5.57 Å². The van der Waals surface area contributed by atoms with Crippen molar-refractivity contribution in [2.24, 2.45) is 0 Å². The zero-order valence-electron chi connectivity index (χ0n) is 10.7. The van der Waals surface area contributed by atoms with Crippen molar-refractivity contribution in [2.45, 2.75) is 6.92 Å². The third kappa shape index (κ3) is 3.73. The van der Waals surface area contributed by atoms with Crippen molar-refractivity contribution in [1.82, 2.24) is 5.32 Å². The third-order valence-electron chi connectivity index (χ3n) is 2.30. The molecule has 96 valence electrons. The number of methoxy groups -OCH3 is 1. The Morgan fingerprint density at radius 2 is 1.94 bits per heavy atom. The number of rotatable bonds is 4. The highest BCUT2D eigenvalue weighted by Gasteiger charge is 2.12. The van der Waals surface area contributed by atoms with Crippen LogP contribution in [0.15, 0.2) is 42.1 Å². The Bertz CT molecular complexity index is 475. The second kappa shape index (κ2) is 6.59. The number of carbonyl (C=O) groups excluding carboxylic acids is 1. The van der Waals surface area contributed by atoms with E-state index in [2.05, 4.69) is 5.32 Å². The molecule has 0 bridgehead atoms. The van der Waals surface area contributed by atoms with E-state index in [0.717, 1.165) is 5.57 Å². The summed E-state index contributed by atoms with van der Waals surface area (Å²) >= 11 is 0. The van der Waals surface area contributed by atoms with Crippen LogP contribution in [0.5, 0.6) is 0 Å². The Labute approximate surface area is 106 Å². The molecule has 0 aliphatic carbocycles. The standard InChI is InChI=1S/C14H16FNO2/c1-10(9-16-2)8-13(14(17)18-3)11-4-6-12(15)7-5-11/h4-9,16H,1-3H3/b10-9-,13-8+. The molecule has 0 atom stereocenters. The van der Waals surface area contributed by atoms with E-state index >= 15 is 0 Å². The van der Waals surface area contributed by atoms with Crippen LogP contribution in [0.4, 0.5) is 4.39 Å². The summed E-state index contributed by atoms with van der Waals surface area (Å²) in [4.78, 5) is 11.7. The van der Waals surface area contributed by atoms with Gasteiger partial charge in [0.15, 0.2) is 0 Å². The van der Waals surface area contributed by atoms with Crippen molar-refractivity contribution < 1.29 is 13.9 Å². The fourth-order valence-corrected chi connectivity index (χ4v) is 1.50. The van der Waals surface area contributed by atoms with Crippen LogP contribution in [0, 0.1) is 5.82 Å². The SMILES string of the molecule is CN/C=C(C)\C=C(\C(=O)OC)c1ccc(F)cc1. The molecule has 0 unspecified atom stereocenters.